The summed E-state index contributed by atoms with van der Waals surface area (Å²) in [7, 11) is 3.93. The lowest BCUT2D eigenvalue weighted by molar-refractivity contribution is -0.129. The van der Waals surface area contributed by atoms with Gasteiger partial charge in [-0.3, -0.25) is 19.9 Å². The molecule has 178 valence electrons. The molecular weight excluding hydrogens is 481 g/mol. The fourth-order valence-corrected chi connectivity index (χ4v) is 4.45. The minimum atomic E-state index is -1.76. The number of nitrogens with one attached hydrogen (secondary N) is 3. The molecule has 1 aliphatic heterocycles. The maximum atomic E-state index is 13.2. The highest BCUT2D eigenvalue weighted by molar-refractivity contribution is 6.37. The Morgan fingerprint density at radius 2 is 1.97 bits per heavy atom. The number of hydrogen-bond acceptors (Lipinski definition) is 7. The molecule has 2 amide bonds. The van der Waals surface area contributed by atoms with E-state index in [1.54, 1.807) is 36.4 Å². The lowest BCUT2D eigenvalue weighted by Crippen LogP contribution is -2.59. The standard InChI is InChI=1S/C22H23Cl2N7O3/c1-31(2)8-9-34-12-6-7-15-16(10-12)29-21(28-15)30-19(32)18-22(20(25)33,27-11-26-18)17-13(23)4-3-5-14(17)24/h3-7,10-11,18H,8-9H2,1-2H3,(H2,25,33)(H,26,27)(H2,28,29,30,32). The minimum Gasteiger partial charge on any atom is -0.492 e. The van der Waals surface area contributed by atoms with Gasteiger partial charge in [-0.1, -0.05) is 29.3 Å². The highest BCUT2D eigenvalue weighted by atomic mass is 35.5. The predicted molar refractivity (Wildman–Crippen MR) is 132 cm³/mol. The number of likely N-dealkylation sites (N-methyl/N-ethyl adjacent to an activating group) is 1. The van der Waals surface area contributed by atoms with Gasteiger partial charge < -0.3 is 25.7 Å². The van der Waals surface area contributed by atoms with Crippen LogP contribution in [0.25, 0.3) is 11.0 Å². The van der Waals surface area contributed by atoms with Crippen molar-refractivity contribution in [3.05, 3.63) is 52.0 Å². The zero-order valence-corrected chi connectivity index (χ0v) is 19.9. The summed E-state index contributed by atoms with van der Waals surface area (Å²) in [6.45, 7) is 1.30. The van der Waals surface area contributed by atoms with Crippen LogP contribution in [0.3, 0.4) is 0 Å². The van der Waals surface area contributed by atoms with Gasteiger partial charge in [0.1, 0.15) is 12.4 Å². The molecule has 0 bridgehead atoms. The quantitative estimate of drug-likeness (QED) is 0.371. The minimum absolute atomic E-state index is 0.174. The molecule has 0 saturated heterocycles. The number of carbonyl (C=O) groups excluding carboxylic acids is 2. The smallest absolute Gasteiger partial charge is 0.254 e. The average molecular weight is 504 g/mol. The van der Waals surface area contributed by atoms with Crippen molar-refractivity contribution in [3.63, 3.8) is 0 Å². The Kier molecular flexibility index (Phi) is 6.65. The van der Waals surface area contributed by atoms with Crippen LogP contribution < -0.4 is 21.1 Å². The summed E-state index contributed by atoms with van der Waals surface area (Å²) in [6, 6.07) is 8.83. The number of H-pyrrole nitrogens is 1. The molecule has 4 rings (SSSR count). The van der Waals surface area contributed by atoms with Crippen LogP contribution in [0.15, 0.2) is 41.4 Å². The number of rotatable bonds is 8. The highest BCUT2D eigenvalue weighted by Crippen LogP contribution is 2.39. The van der Waals surface area contributed by atoms with E-state index in [1.165, 1.54) is 6.34 Å². The Balaban J connectivity index is 1.59. The van der Waals surface area contributed by atoms with Crippen molar-refractivity contribution in [3.8, 4) is 5.75 Å². The third-order valence-electron chi connectivity index (χ3n) is 5.42. The Morgan fingerprint density at radius 1 is 1.24 bits per heavy atom. The number of aromatic nitrogens is 2. The van der Waals surface area contributed by atoms with Gasteiger partial charge in [0.2, 0.25) is 5.95 Å². The average Bonchev–Trinajstić information content (AvgIpc) is 3.37. The molecule has 2 aromatic carbocycles. The molecule has 2 unspecified atom stereocenters. The van der Waals surface area contributed by atoms with Crippen molar-refractivity contribution >= 4 is 58.3 Å². The normalized spacial score (nSPS) is 19.4. The fourth-order valence-electron chi connectivity index (χ4n) is 3.75. The molecule has 5 N–H and O–H groups in total. The third-order valence-corrected chi connectivity index (χ3v) is 6.05. The maximum absolute atomic E-state index is 13.2. The highest BCUT2D eigenvalue weighted by Gasteiger charge is 2.54. The zero-order chi connectivity index (χ0) is 24.5. The number of benzene rings is 2. The van der Waals surface area contributed by atoms with Crippen LogP contribution in [0.1, 0.15) is 5.56 Å². The van der Waals surface area contributed by atoms with Crippen LogP contribution in [0.5, 0.6) is 5.75 Å². The number of ether oxygens (including phenoxy) is 1. The number of fused-ring (bicyclic) bond motifs is 1. The van der Waals surface area contributed by atoms with E-state index in [-0.39, 0.29) is 21.6 Å². The Labute approximate surface area is 205 Å². The van der Waals surface area contributed by atoms with Crippen LogP contribution in [0.2, 0.25) is 10.0 Å². The molecule has 1 aromatic heterocycles. The molecule has 10 nitrogen and oxygen atoms in total. The molecule has 0 fully saturated rings. The van der Waals surface area contributed by atoms with Gasteiger partial charge in [0.05, 0.1) is 17.4 Å². The number of carbonyl (C=O) groups is 2. The second-order valence-corrected chi connectivity index (χ2v) is 8.81. The van der Waals surface area contributed by atoms with E-state index in [0.717, 1.165) is 6.54 Å². The number of imidazole rings is 1. The molecule has 2 atom stereocenters. The van der Waals surface area contributed by atoms with Crippen molar-refractivity contribution in [1.29, 1.82) is 0 Å². The van der Waals surface area contributed by atoms with Gasteiger partial charge >= 0.3 is 0 Å². The number of anilines is 1. The van der Waals surface area contributed by atoms with Gasteiger partial charge in [-0.25, -0.2) is 4.98 Å². The number of amides is 2. The Bertz CT molecular complexity index is 1260. The molecule has 12 heteroatoms. The lowest BCUT2D eigenvalue weighted by Gasteiger charge is -2.32. The summed E-state index contributed by atoms with van der Waals surface area (Å²) >= 11 is 12.7. The number of aliphatic imine (C=N–C) groups is 1. The molecule has 0 radical (unpaired) electrons. The number of hydrogen-bond donors (Lipinski definition) is 4. The van der Waals surface area contributed by atoms with Crippen LogP contribution >= 0.6 is 23.2 Å². The summed E-state index contributed by atoms with van der Waals surface area (Å²) in [4.78, 5) is 39.5. The molecule has 0 saturated carbocycles. The number of primary amides is 1. The second kappa shape index (κ2) is 9.49. The van der Waals surface area contributed by atoms with Crippen molar-refractivity contribution in [2.75, 3.05) is 32.6 Å². The van der Waals surface area contributed by atoms with Crippen molar-refractivity contribution in [1.82, 2.24) is 20.2 Å². The van der Waals surface area contributed by atoms with Gasteiger partial charge in [0.25, 0.3) is 11.8 Å². The van der Waals surface area contributed by atoms with Crippen LogP contribution in [0.4, 0.5) is 5.95 Å². The van der Waals surface area contributed by atoms with Crippen molar-refractivity contribution in [2.24, 2.45) is 10.7 Å². The topological polar surface area (TPSA) is 138 Å². The number of nitrogens with zero attached hydrogens (tertiary/aromatic N) is 3. The largest absolute Gasteiger partial charge is 0.492 e. The van der Waals surface area contributed by atoms with E-state index in [1.807, 2.05) is 19.0 Å². The van der Waals surface area contributed by atoms with Crippen molar-refractivity contribution < 1.29 is 14.3 Å². The van der Waals surface area contributed by atoms with E-state index in [2.05, 4.69) is 25.6 Å². The van der Waals surface area contributed by atoms with Crippen LogP contribution in [0, 0.1) is 0 Å². The van der Waals surface area contributed by atoms with E-state index in [4.69, 9.17) is 33.7 Å². The summed E-state index contributed by atoms with van der Waals surface area (Å²) in [6.07, 6.45) is 1.24. The Morgan fingerprint density at radius 3 is 2.65 bits per heavy atom. The summed E-state index contributed by atoms with van der Waals surface area (Å²) < 4.78 is 5.74. The van der Waals surface area contributed by atoms with Gasteiger partial charge in [-0.15, -0.1) is 0 Å². The summed E-state index contributed by atoms with van der Waals surface area (Å²) in [5, 5.41) is 5.82. The lowest BCUT2D eigenvalue weighted by atomic mass is 9.82. The Hall–Kier alpha value is -3.34. The zero-order valence-electron chi connectivity index (χ0n) is 18.4. The second-order valence-electron chi connectivity index (χ2n) is 8.00. The van der Waals surface area contributed by atoms with Crippen molar-refractivity contribution in [2.45, 2.75) is 11.6 Å². The first kappa shape index (κ1) is 23.8. The molecule has 2 heterocycles. The van der Waals surface area contributed by atoms with E-state index >= 15 is 0 Å². The van der Waals surface area contributed by atoms with Gasteiger partial charge in [-0.2, -0.15) is 0 Å². The molecule has 1 aliphatic rings. The first-order chi connectivity index (χ1) is 16.2. The molecule has 0 spiro atoms. The van der Waals surface area contributed by atoms with E-state index in [0.29, 0.717) is 23.4 Å². The number of halogens is 2. The van der Waals surface area contributed by atoms with E-state index < -0.39 is 23.4 Å². The molecular formula is C22H23Cl2N7O3. The number of nitrogens with two attached hydrogens (primary N) is 1. The molecule has 34 heavy (non-hydrogen) atoms. The van der Waals surface area contributed by atoms with Crippen LogP contribution in [-0.4, -0.2) is 66.3 Å². The third kappa shape index (κ3) is 4.39. The fraction of sp³-hybridized carbons (Fsp3) is 0.273. The monoisotopic (exact) mass is 503 g/mol. The SMILES string of the molecule is CN(C)CCOc1ccc2nc(NC(=O)C3N=CNC3(C(N)=O)c3c(Cl)cccc3Cl)[nH]c2c1. The van der Waals surface area contributed by atoms with Gasteiger partial charge in [0, 0.05) is 28.2 Å². The first-order valence-corrected chi connectivity index (χ1v) is 11.1. The van der Waals surface area contributed by atoms with E-state index in [9.17, 15) is 9.59 Å². The molecule has 0 aliphatic carbocycles. The molecule has 3 aromatic rings. The summed E-state index contributed by atoms with van der Waals surface area (Å²) in [5.74, 6) is -0.639. The van der Waals surface area contributed by atoms with Gasteiger partial charge in [0.15, 0.2) is 11.6 Å². The summed E-state index contributed by atoms with van der Waals surface area (Å²) in [5.41, 5.74) is 5.44. The van der Waals surface area contributed by atoms with Crippen LogP contribution in [-0.2, 0) is 15.1 Å². The van der Waals surface area contributed by atoms with Gasteiger partial charge in [-0.05, 0) is 38.4 Å². The predicted octanol–water partition coefficient (Wildman–Crippen LogP) is 2.13. The maximum Gasteiger partial charge on any atom is 0.254 e. The first-order valence-electron chi connectivity index (χ1n) is 10.3. The number of aromatic amines is 1.